The lowest BCUT2D eigenvalue weighted by Crippen LogP contribution is -2.30. The summed E-state index contributed by atoms with van der Waals surface area (Å²) in [5.41, 5.74) is 1.78. The fraction of sp³-hybridized carbons (Fsp3) is 0.625. The average molecular weight is 293 g/mol. The molecule has 118 valence electrons. The summed E-state index contributed by atoms with van der Waals surface area (Å²) in [6.07, 6.45) is 1.11. The smallest absolute Gasteiger partial charge is 0.292 e. The molecule has 0 bridgehead atoms. The highest BCUT2D eigenvalue weighted by atomic mass is 16.6. The minimum Gasteiger partial charge on any atom is -0.380 e. The summed E-state index contributed by atoms with van der Waals surface area (Å²) < 4.78 is 0. The molecule has 0 saturated heterocycles. The van der Waals surface area contributed by atoms with E-state index in [4.69, 9.17) is 0 Å². The number of para-hydroxylation sites is 1. The van der Waals surface area contributed by atoms with Gasteiger partial charge in [-0.25, -0.2) is 0 Å². The van der Waals surface area contributed by atoms with Crippen LogP contribution in [-0.2, 0) is 6.54 Å². The maximum absolute atomic E-state index is 11.2. The van der Waals surface area contributed by atoms with E-state index in [0.29, 0.717) is 30.7 Å². The van der Waals surface area contributed by atoms with Crippen molar-refractivity contribution < 1.29 is 4.92 Å². The molecule has 21 heavy (non-hydrogen) atoms. The van der Waals surface area contributed by atoms with Gasteiger partial charge in [0.05, 0.1) is 4.92 Å². The number of nitro groups is 1. The van der Waals surface area contributed by atoms with Crippen LogP contribution in [0.3, 0.4) is 0 Å². The molecule has 0 aliphatic heterocycles. The molecule has 0 heterocycles. The Morgan fingerprint density at radius 3 is 2.52 bits per heavy atom. The summed E-state index contributed by atoms with van der Waals surface area (Å²) in [6.45, 7) is 9.94. The zero-order chi connectivity index (χ0) is 16.0. The number of nitrogens with zero attached hydrogens (tertiary/aromatic N) is 2. The van der Waals surface area contributed by atoms with Gasteiger partial charge in [0.25, 0.3) is 5.69 Å². The Morgan fingerprint density at radius 2 is 2.00 bits per heavy atom. The van der Waals surface area contributed by atoms with Crippen LogP contribution >= 0.6 is 0 Å². The first kappa shape index (κ1) is 17.4. The molecule has 0 fully saturated rings. The van der Waals surface area contributed by atoms with E-state index in [1.54, 1.807) is 12.1 Å². The summed E-state index contributed by atoms with van der Waals surface area (Å²) in [7, 11) is 2.07. The lowest BCUT2D eigenvalue weighted by molar-refractivity contribution is -0.384. The monoisotopic (exact) mass is 293 g/mol. The lowest BCUT2D eigenvalue weighted by atomic mass is 10.0. The van der Waals surface area contributed by atoms with Crippen molar-refractivity contribution in [2.45, 2.75) is 46.7 Å². The summed E-state index contributed by atoms with van der Waals surface area (Å²) >= 11 is 0. The van der Waals surface area contributed by atoms with Crippen LogP contribution < -0.4 is 5.32 Å². The van der Waals surface area contributed by atoms with Gasteiger partial charge in [-0.2, -0.15) is 0 Å². The Bertz CT molecular complexity index is 475. The molecule has 1 unspecified atom stereocenters. The number of anilines is 1. The van der Waals surface area contributed by atoms with Gasteiger partial charge in [0.2, 0.25) is 0 Å². The molecule has 1 N–H and O–H groups in total. The van der Waals surface area contributed by atoms with Gasteiger partial charge in [-0.05, 0) is 38.8 Å². The third-order valence-corrected chi connectivity index (χ3v) is 3.66. The Kier molecular flexibility index (Phi) is 6.62. The summed E-state index contributed by atoms with van der Waals surface area (Å²) in [5, 5.41) is 14.3. The van der Waals surface area contributed by atoms with Crippen LogP contribution in [0.2, 0.25) is 0 Å². The molecule has 1 atom stereocenters. The highest BCUT2D eigenvalue weighted by Crippen LogP contribution is 2.29. The van der Waals surface area contributed by atoms with E-state index in [0.717, 1.165) is 12.0 Å². The Morgan fingerprint density at radius 1 is 1.33 bits per heavy atom. The van der Waals surface area contributed by atoms with Crippen LogP contribution in [0, 0.1) is 16.0 Å². The number of nitrogens with one attached hydrogen (secondary N) is 1. The van der Waals surface area contributed by atoms with Crippen molar-refractivity contribution in [1.29, 1.82) is 0 Å². The highest BCUT2D eigenvalue weighted by Gasteiger charge is 2.19. The van der Waals surface area contributed by atoms with Crippen molar-refractivity contribution in [2.75, 3.05) is 18.9 Å². The van der Waals surface area contributed by atoms with Gasteiger partial charge in [0, 0.05) is 25.2 Å². The van der Waals surface area contributed by atoms with E-state index in [9.17, 15) is 10.1 Å². The van der Waals surface area contributed by atoms with Crippen LogP contribution in [0.4, 0.5) is 11.4 Å². The Labute approximate surface area is 127 Å². The van der Waals surface area contributed by atoms with E-state index < -0.39 is 0 Å². The zero-order valence-corrected chi connectivity index (χ0v) is 13.7. The predicted octanol–water partition coefficient (Wildman–Crippen LogP) is 3.89. The fourth-order valence-electron chi connectivity index (χ4n) is 2.54. The molecular weight excluding hydrogens is 266 g/mol. The maximum atomic E-state index is 11.2. The number of benzene rings is 1. The first-order valence-electron chi connectivity index (χ1n) is 7.57. The molecule has 0 amide bonds. The SMILES string of the molecule is CCNc1c(CN(C)C(C)CC(C)C)cccc1[N+](=O)[O-]. The van der Waals surface area contributed by atoms with Crippen molar-refractivity contribution >= 4 is 11.4 Å². The average Bonchev–Trinajstić information content (AvgIpc) is 2.39. The zero-order valence-electron chi connectivity index (χ0n) is 13.7. The van der Waals surface area contributed by atoms with Gasteiger partial charge < -0.3 is 5.32 Å². The van der Waals surface area contributed by atoms with Gasteiger partial charge in [0.1, 0.15) is 5.69 Å². The van der Waals surface area contributed by atoms with Crippen LogP contribution in [0.25, 0.3) is 0 Å². The minimum absolute atomic E-state index is 0.152. The molecule has 5 heteroatoms. The van der Waals surface area contributed by atoms with Crippen LogP contribution in [0.1, 0.15) is 39.7 Å². The second-order valence-electron chi connectivity index (χ2n) is 5.99. The van der Waals surface area contributed by atoms with Gasteiger partial charge in [-0.3, -0.25) is 15.0 Å². The second kappa shape index (κ2) is 7.98. The second-order valence-corrected chi connectivity index (χ2v) is 5.99. The predicted molar refractivity (Wildman–Crippen MR) is 87.6 cm³/mol. The third kappa shape index (κ3) is 5.01. The Balaban J connectivity index is 2.96. The van der Waals surface area contributed by atoms with Crippen LogP contribution in [0.15, 0.2) is 18.2 Å². The quantitative estimate of drug-likeness (QED) is 0.583. The van der Waals surface area contributed by atoms with Gasteiger partial charge in [-0.15, -0.1) is 0 Å². The van der Waals surface area contributed by atoms with Crippen molar-refractivity contribution in [2.24, 2.45) is 5.92 Å². The van der Waals surface area contributed by atoms with Crippen LogP contribution in [0.5, 0.6) is 0 Å². The number of nitro benzene ring substituents is 1. The summed E-state index contributed by atoms with van der Waals surface area (Å²) in [5.74, 6) is 0.640. The molecule has 0 radical (unpaired) electrons. The van der Waals surface area contributed by atoms with Crippen molar-refractivity contribution in [3.8, 4) is 0 Å². The number of hydrogen-bond acceptors (Lipinski definition) is 4. The molecule has 0 saturated carbocycles. The van der Waals surface area contributed by atoms with E-state index in [-0.39, 0.29) is 10.6 Å². The first-order chi connectivity index (χ1) is 9.86. The molecule has 0 aliphatic rings. The molecule has 1 rings (SSSR count). The van der Waals surface area contributed by atoms with Crippen LogP contribution in [-0.4, -0.2) is 29.5 Å². The summed E-state index contributed by atoms with van der Waals surface area (Å²) in [6, 6.07) is 5.72. The normalized spacial score (nSPS) is 12.7. The third-order valence-electron chi connectivity index (χ3n) is 3.66. The maximum Gasteiger partial charge on any atom is 0.292 e. The number of rotatable bonds is 8. The minimum atomic E-state index is -0.320. The lowest BCUT2D eigenvalue weighted by Gasteiger charge is -2.27. The topological polar surface area (TPSA) is 58.4 Å². The molecular formula is C16H27N3O2. The standard InChI is InChI=1S/C16H27N3O2/c1-6-17-16-14(8-7-9-15(16)19(20)21)11-18(5)13(4)10-12(2)3/h7-9,12-13,17H,6,10-11H2,1-5H3. The molecule has 0 aliphatic carbocycles. The molecule has 5 nitrogen and oxygen atoms in total. The van der Waals surface area contributed by atoms with E-state index in [2.05, 4.69) is 38.0 Å². The molecule has 0 aromatic heterocycles. The van der Waals surface area contributed by atoms with E-state index in [1.165, 1.54) is 0 Å². The van der Waals surface area contributed by atoms with Gasteiger partial charge >= 0.3 is 0 Å². The molecule has 1 aromatic rings. The van der Waals surface area contributed by atoms with Crippen molar-refractivity contribution in [3.63, 3.8) is 0 Å². The molecule has 0 spiro atoms. The Hall–Kier alpha value is -1.62. The largest absolute Gasteiger partial charge is 0.380 e. The first-order valence-corrected chi connectivity index (χ1v) is 7.57. The molecule has 1 aromatic carbocycles. The van der Waals surface area contributed by atoms with E-state index >= 15 is 0 Å². The van der Waals surface area contributed by atoms with Crippen molar-refractivity contribution in [3.05, 3.63) is 33.9 Å². The summed E-state index contributed by atoms with van der Waals surface area (Å²) in [4.78, 5) is 13.1. The van der Waals surface area contributed by atoms with E-state index in [1.807, 2.05) is 13.0 Å². The van der Waals surface area contributed by atoms with Gasteiger partial charge in [0.15, 0.2) is 0 Å². The fourth-order valence-corrected chi connectivity index (χ4v) is 2.54. The van der Waals surface area contributed by atoms with Crippen molar-refractivity contribution in [1.82, 2.24) is 4.90 Å². The number of hydrogen-bond donors (Lipinski definition) is 1. The van der Waals surface area contributed by atoms with Gasteiger partial charge in [-0.1, -0.05) is 26.0 Å². The highest BCUT2D eigenvalue weighted by molar-refractivity contribution is 5.66.